The molecule has 1 fully saturated rings. The van der Waals surface area contributed by atoms with E-state index >= 15 is 0 Å². The fourth-order valence-electron chi connectivity index (χ4n) is 7.10. The molecule has 0 atom stereocenters. The van der Waals surface area contributed by atoms with Gasteiger partial charge in [-0.3, -0.25) is 0 Å². The van der Waals surface area contributed by atoms with Crippen molar-refractivity contribution >= 4 is 11.4 Å². The molecule has 4 rings (SSSR count). The summed E-state index contributed by atoms with van der Waals surface area (Å²) in [6.45, 7) is 9.52. The van der Waals surface area contributed by atoms with E-state index in [0.29, 0.717) is 26.4 Å². The Hall–Kier alpha value is -2.67. The molecule has 0 saturated carbocycles. The zero-order valence-electron chi connectivity index (χ0n) is 29.7. The van der Waals surface area contributed by atoms with Crippen LogP contribution in [-0.2, 0) is 17.7 Å². The molecule has 0 radical (unpaired) electrons. The number of halogens is 2. The lowest BCUT2D eigenvalue weighted by atomic mass is 9.90. The fourth-order valence-corrected chi connectivity index (χ4v) is 7.10. The molecule has 0 unspecified atom stereocenters. The number of methoxy groups -OCH3 is 1. The standard InChI is InChI=1S/C40H61F2N2O3/c1-4-6-8-10-12-13-14-15-17-19-37-34-30-38(43-24-27-46-28-25-43)40(45-3)39(47-26-18-16-11-9-7-5-2)33(34)22-23-44(37)31-32-20-21-35(41)36(42)29-32/h20-21,29-30H,4-19,22-28,31H2,1-3H3/q+1. The first kappa shape index (κ1) is 37.2. The maximum atomic E-state index is 14.3. The van der Waals surface area contributed by atoms with Gasteiger partial charge < -0.3 is 19.1 Å². The van der Waals surface area contributed by atoms with Gasteiger partial charge in [0.1, 0.15) is 6.54 Å². The number of fused-ring (bicyclic) bond motifs is 1. The normalized spacial score (nSPS) is 14.9. The quantitative estimate of drug-likeness (QED) is 0.0934. The van der Waals surface area contributed by atoms with Crippen LogP contribution in [0.4, 0.5) is 14.5 Å². The number of morpholine rings is 1. The van der Waals surface area contributed by atoms with Crippen molar-refractivity contribution in [2.75, 3.05) is 51.5 Å². The minimum atomic E-state index is -0.800. The second-order valence-corrected chi connectivity index (χ2v) is 13.4. The highest BCUT2D eigenvalue weighted by molar-refractivity contribution is 6.01. The lowest BCUT2D eigenvalue weighted by Crippen LogP contribution is -2.37. The molecule has 2 aromatic carbocycles. The Kier molecular flexibility index (Phi) is 16.3. The van der Waals surface area contributed by atoms with Crippen LogP contribution in [0, 0.1) is 11.6 Å². The number of hydrogen-bond donors (Lipinski definition) is 0. The molecule has 2 heterocycles. The Labute approximate surface area is 283 Å². The highest BCUT2D eigenvalue weighted by Crippen LogP contribution is 2.45. The lowest BCUT2D eigenvalue weighted by Gasteiger charge is -2.32. The van der Waals surface area contributed by atoms with Gasteiger partial charge in [-0.25, -0.2) is 13.4 Å². The third-order valence-electron chi connectivity index (χ3n) is 9.82. The predicted molar refractivity (Wildman–Crippen MR) is 190 cm³/mol. The van der Waals surface area contributed by atoms with Crippen molar-refractivity contribution in [1.29, 1.82) is 0 Å². The topological polar surface area (TPSA) is 33.9 Å². The lowest BCUT2D eigenvalue weighted by molar-refractivity contribution is -0.545. The molecule has 2 aliphatic heterocycles. The maximum Gasteiger partial charge on any atom is 0.184 e. The number of unbranched alkanes of at least 4 members (excludes halogenated alkanes) is 13. The molecule has 2 aliphatic rings. The summed E-state index contributed by atoms with van der Waals surface area (Å²) in [6.07, 6.45) is 20.5. The van der Waals surface area contributed by atoms with Crippen LogP contribution in [0.2, 0.25) is 0 Å². The molecule has 0 N–H and O–H groups in total. The summed E-state index contributed by atoms with van der Waals surface area (Å²) in [5.41, 5.74) is 5.57. The van der Waals surface area contributed by atoms with Crippen LogP contribution in [0.15, 0.2) is 24.3 Å². The van der Waals surface area contributed by atoms with Crippen molar-refractivity contribution in [2.24, 2.45) is 0 Å². The second kappa shape index (κ2) is 20.6. The molecule has 0 spiro atoms. The molecular formula is C40H61F2N2O3+. The Bertz CT molecular complexity index is 1260. The molecule has 0 amide bonds. The summed E-state index contributed by atoms with van der Waals surface area (Å²) in [7, 11) is 1.76. The largest absolute Gasteiger partial charge is 0.491 e. The van der Waals surface area contributed by atoms with Crippen LogP contribution >= 0.6 is 0 Å². The first-order valence-corrected chi connectivity index (χ1v) is 18.8. The van der Waals surface area contributed by atoms with Crippen LogP contribution in [0.1, 0.15) is 133 Å². The van der Waals surface area contributed by atoms with Gasteiger partial charge in [-0.05, 0) is 37.1 Å². The van der Waals surface area contributed by atoms with Crippen LogP contribution < -0.4 is 14.4 Å². The minimum Gasteiger partial charge on any atom is -0.491 e. The Balaban J connectivity index is 1.62. The summed E-state index contributed by atoms with van der Waals surface area (Å²) in [5.74, 6) is 0.126. The molecule has 1 saturated heterocycles. The molecule has 0 aliphatic carbocycles. The van der Waals surface area contributed by atoms with Gasteiger partial charge in [0.2, 0.25) is 0 Å². The Morgan fingerprint density at radius 3 is 2.04 bits per heavy atom. The fraction of sp³-hybridized carbons (Fsp3) is 0.675. The van der Waals surface area contributed by atoms with Crippen molar-refractivity contribution in [3.05, 3.63) is 52.6 Å². The average molecular weight is 656 g/mol. The van der Waals surface area contributed by atoms with Gasteiger partial charge >= 0.3 is 0 Å². The maximum absolute atomic E-state index is 14.3. The second-order valence-electron chi connectivity index (χ2n) is 13.4. The monoisotopic (exact) mass is 655 g/mol. The van der Waals surface area contributed by atoms with E-state index in [9.17, 15) is 8.78 Å². The van der Waals surface area contributed by atoms with E-state index in [1.54, 1.807) is 13.2 Å². The molecule has 262 valence electrons. The first-order valence-electron chi connectivity index (χ1n) is 18.8. The van der Waals surface area contributed by atoms with Crippen LogP contribution in [0.25, 0.3) is 0 Å². The van der Waals surface area contributed by atoms with E-state index in [1.165, 1.54) is 112 Å². The Morgan fingerprint density at radius 2 is 1.40 bits per heavy atom. The van der Waals surface area contributed by atoms with E-state index in [2.05, 4.69) is 29.4 Å². The Morgan fingerprint density at radius 1 is 0.766 bits per heavy atom. The van der Waals surface area contributed by atoms with Gasteiger partial charge in [-0.1, -0.05) is 97.3 Å². The van der Waals surface area contributed by atoms with Gasteiger partial charge in [-0.2, -0.15) is 0 Å². The molecule has 5 nitrogen and oxygen atoms in total. The number of nitrogens with zero attached hydrogens (tertiary/aromatic N) is 2. The highest BCUT2D eigenvalue weighted by atomic mass is 19.2. The van der Waals surface area contributed by atoms with E-state index in [-0.39, 0.29) is 0 Å². The smallest absolute Gasteiger partial charge is 0.184 e. The van der Waals surface area contributed by atoms with E-state index in [4.69, 9.17) is 14.2 Å². The summed E-state index contributed by atoms with van der Waals surface area (Å²) in [5, 5.41) is 0. The highest BCUT2D eigenvalue weighted by Gasteiger charge is 2.33. The van der Waals surface area contributed by atoms with Crippen LogP contribution in [0.3, 0.4) is 0 Å². The number of hydrogen-bond acceptors (Lipinski definition) is 4. The predicted octanol–water partition coefficient (Wildman–Crippen LogP) is 10.0. The summed E-state index contributed by atoms with van der Waals surface area (Å²) in [4.78, 5) is 2.37. The van der Waals surface area contributed by atoms with Gasteiger partial charge in [-0.15, -0.1) is 0 Å². The molecular weight excluding hydrogens is 594 g/mol. The molecule has 0 bridgehead atoms. The zero-order valence-corrected chi connectivity index (χ0v) is 29.7. The van der Waals surface area contributed by atoms with Crippen molar-refractivity contribution in [3.8, 4) is 11.5 Å². The third kappa shape index (κ3) is 11.2. The molecule has 2 aromatic rings. The van der Waals surface area contributed by atoms with Crippen molar-refractivity contribution < 1.29 is 27.6 Å². The van der Waals surface area contributed by atoms with Gasteiger partial charge in [0.05, 0.1) is 38.2 Å². The van der Waals surface area contributed by atoms with Gasteiger partial charge in [0, 0.05) is 37.1 Å². The van der Waals surface area contributed by atoms with Gasteiger partial charge in [0.25, 0.3) is 0 Å². The molecule has 0 aromatic heterocycles. The first-order chi connectivity index (χ1) is 23.1. The number of rotatable bonds is 22. The summed E-state index contributed by atoms with van der Waals surface area (Å²) in [6, 6.07) is 6.63. The zero-order chi connectivity index (χ0) is 33.3. The van der Waals surface area contributed by atoms with Crippen LogP contribution in [-0.4, -0.2) is 56.9 Å². The van der Waals surface area contributed by atoms with Crippen molar-refractivity contribution in [3.63, 3.8) is 0 Å². The van der Waals surface area contributed by atoms with E-state index in [0.717, 1.165) is 68.1 Å². The van der Waals surface area contributed by atoms with Crippen molar-refractivity contribution in [1.82, 2.24) is 0 Å². The number of anilines is 1. The average Bonchev–Trinajstić information content (AvgIpc) is 3.09. The molecule has 7 heteroatoms. The third-order valence-corrected chi connectivity index (χ3v) is 9.82. The van der Waals surface area contributed by atoms with Gasteiger partial charge in [0.15, 0.2) is 35.4 Å². The summed E-state index contributed by atoms with van der Waals surface area (Å²) < 4.78 is 49.0. The molecule has 47 heavy (non-hydrogen) atoms. The number of ether oxygens (including phenoxy) is 3. The van der Waals surface area contributed by atoms with E-state index < -0.39 is 11.6 Å². The minimum absolute atomic E-state index is 0.552. The summed E-state index contributed by atoms with van der Waals surface area (Å²) >= 11 is 0. The number of benzene rings is 2. The SMILES string of the molecule is CCCCCCCCCCCC1=[N+](Cc2ccc(F)c(F)c2)CCc2c1cc(N1CCOCC1)c(OC)c2OCCCCCCCC. The van der Waals surface area contributed by atoms with Crippen molar-refractivity contribution in [2.45, 2.75) is 130 Å². The van der Waals surface area contributed by atoms with Crippen LogP contribution in [0.5, 0.6) is 11.5 Å². The van der Waals surface area contributed by atoms with E-state index in [1.807, 2.05) is 0 Å².